The Hall–Kier alpha value is -0.720. The lowest BCUT2D eigenvalue weighted by Gasteiger charge is -2.31. The standard InChI is InChI=1S/C15H21BrFN3S/c1-2-20-7-5-10(6-8-20)9-19-12-4-3-11(15(18)21)13(16)14(12)17/h3-4,10,19H,2,5-9H2,1H3,(H2,18,21). The number of benzene rings is 1. The van der Waals surface area contributed by atoms with Gasteiger partial charge in [0.1, 0.15) is 4.99 Å². The molecule has 116 valence electrons. The molecule has 21 heavy (non-hydrogen) atoms. The van der Waals surface area contributed by atoms with Crippen LogP contribution < -0.4 is 11.1 Å². The van der Waals surface area contributed by atoms with Crippen LogP contribution in [0.15, 0.2) is 16.6 Å². The molecule has 1 aromatic carbocycles. The molecule has 2 rings (SSSR count). The predicted molar refractivity (Wildman–Crippen MR) is 93.3 cm³/mol. The number of piperidine rings is 1. The molecule has 1 fully saturated rings. The molecule has 1 aliphatic heterocycles. The van der Waals surface area contributed by atoms with Crippen molar-refractivity contribution in [1.29, 1.82) is 0 Å². The van der Waals surface area contributed by atoms with Gasteiger partial charge in [0.2, 0.25) is 0 Å². The lowest BCUT2D eigenvalue weighted by molar-refractivity contribution is 0.198. The summed E-state index contributed by atoms with van der Waals surface area (Å²) in [4.78, 5) is 2.64. The van der Waals surface area contributed by atoms with Gasteiger partial charge in [-0.05, 0) is 66.5 Å². The smallest absolute Gasteiger partial charge is 0.161 e. The zero-order valence-electron chi connectivity index (χ0n) is 12.2. The molecule has 1 aliphatic rings. The van der Waals surface area contributed by atoms with E-state index in [1.165, 1.54) is 0 Å². The number of nitrogens with zero attached hydrogens (tertiary/aromatic N) is 1. The van der Waals surface area contributed by atoms with E-state index in [1.807, 2.05) is 0 Å². The molecule has 3 N–H and O–H groups in total. The van der Waals surface area contributed by atoms with Crippen LogP contribution in [-0.2, 0) is 0 Å². The van der Waals surface area contributed by atoms with Crippen molar-refractivity contribution in [3.8, 4) is 0 Å². The monoisotopic (exact) mass is 373 g/mol. The highest BCUT2D eigenvalue weighted by atomic mass is 79.9. The number of anilines is 1. The van der Waals surface area contributed by atoms with Gasteiger partial charge in [-0.2, -0.15) is 0 Å². The van der Waals surface area contributed by atoms with E-state index in [4.69, 9.17) is 18.0 Å². The summed E-state index contributed by atoms with van der Waals surface area (Å²) in [7, 11) is 0. The lowest BCUT2D eigenvalue weighted by Crippen LogP contribution is -2.35. The van der Waals surface area contributed by atoms with Crippen LogP contribution in [0.3, 0.4) is 0 Å². The molecule has 0 aromatic heterocycles. The third-order valence-corrected chi connectivity index (χ3v) is 5.08. The summed E-state index contributed by atoms with van der Waals surface area (Å²) < 4.78 is 14.6. The van der Waals surface area contributed by atoms with E-state index >= 15 is 0 Å². The summed E-state index contributed by atoms with van der Waals surface area (Å²) in [6.45, 7) is 6.37. The molecule has 0 amide bonds. The second-order valence-electron chi connectivity index (χ2n) is 5.41. The van der Waals surface area contributed by atoms with Crippen molar-refractivity contribution in [1.82, 2.24) is 4.90 Å². The second kappa shape index (κ2) is 7.51. The predicted octanol–water partition coefficient (Wildman–Crippen LogP) is 3.37. The zero-order valence-corrected chi connectivity index (χ0v) is 14.6. The third-order valence-electron chi connectivity index (χ3n) is 4.08. The lowest BCUT2D eigenvalue weighted by atomic mass is 9.96. The van der Waals surface area contributed by atoms with Crippen LogP contribution in [0.2, 0.25) is 0 Å². The van der Waals surface area contributed by atoms with Gasteiger partial charge in [0.15, 0.2) is 5.82 Å². The first-order valence-corrected chi connectivity index (χ1v) is 8.47. The Morgan fingerprint density at radius 1 is 1.48 bits per heavy atom. The summed E-state index contributed by atoms with van der Waals surface area (Å²) in [5.74, 6) is 0.271. The van der Waals surface area contributed by atoms with Crippen molar-refractivity contribution in [2.24, 2.45) is 11.7 Å². The minimum absolute atomic E-state index is 0.194. The maximum absolute atomic E-state index is 14.3. The molecule has 0 atom stereocenters. The van der Waals surface area contributed by atoms with E-state index in [9.17, 15) is 4.39 Å². The minimum atomic E-state index is -0.328. The number of thiocarbonyl (C=S) groups is 1. The number of hydrogen-bond donors (Lipinski definition) is 2. The molecule has 1 heterocycles. The van der Waals surface area contributed by atoms with Gasteiger partial charge in [-0.15, -0.1) is 0 Å². The van der Waals surface area contributed by atoms with E-state index in [1.54, 1.807) is 12.1 Å². The Morgan fingerprint density at radius 2 is 2.14 bits per heavy atom. The molecule has 0 saturated carbocycles. The van der Waals surface area contributed by atoms with Crippen molar-refractivity contribution >= 4 is 38.8 Å². The Bertz CT molecular complexity index is 516. The molecule has 6 heteroatoms. The fraction of sp³-hybridized carbons (Fsp3) is 0.533. The van der Waals surface area contributed by atoms with Crippen LogP contribution in [-0.4, -0.2) is 36.1 Å². The van der Waals surface area contributed by atoms with Gasteiger partial charge < -0.3 is 16.0 Å². The average molecular weight is 374 g/mol. The SMILES string of the molecule is CCN1CCC(CNc2ccc(C(N)=S)c(Br)c2F)CC1. The molecule has 0 spiro atoms. The number of halogens is 2. The minimum Gasteiger partial charge on any atom is -0.389 e. The fourth-order valence-corrected chi connectivity index (χ4v) is 3.50. The average Bonchev–Trinajstić information content (AvgIpc) is 2.49. The number of likely N-dealkylation sites (tertiary alicyclic amines) is 1. The normalized spacial score (nSPS) is 16.9. The van der Waals surface area contributed by atoms with Gasteiger partial charge in [-0.1, -0.05) is 19.1 Å². The van der Waals surface area contributed by atoms with Crippen molar-refractivity contribution in [2.75, 3.05) is 31.5 Å². The van der Waals surface area contributed by atoms with Crippen LogP contribution in [0.4, 0.5) is 10.1 Å². The van der Waals surface area contributed by atoms with Gasteiger partial charge in [-0.25, -0.2) is 4.39 Å². The first-order chi connectivity index (χ1) is 10.0. The molecule has 3 nitrogen and oxygen atoms in total. The fourth-order valence-electron chi connectivity index (χ4n) is 2.64. The third kappa shape index (κ3) is 4.14. The topological polar surface area (TPSA) is 41.3 Å². The van der Waals surface area contributed by atoms with E-state index in [-0.39, 0.29) is 10.8 Å². The molecule has 0 bridgehead atoms. The maximum Gasteiger partial charge on any atom is 0.161 e. The highest BCUT2D eigenvalue weighted by Crippen LogP contribution is 2.28. The number of nitrogens with two attached hydrogens (primary N) is 1. The van der Waals surface area contributed by atoms with Crippen LogP contribution >= 0.6 is 28.1 Å². The largest absolute Gasteiger partial charge is 0.389 e. The molecule has 0 aliphatic carbocycles. The zero-order chi connectivity index (χ0) is 15.4. The van der Waals surface area contributed by atoms with Gasteiger partial charge in [0, 0.05) is 12.1 Å². The van der Waals surface area contributed by atoms with Crippen LogP contribution in [0.25, 0.3) is 0 Å². The summed E-state index contributed by atoms with van der Waals surface area (Å²) >= 11 is 8.12. The van der Waals surface area contributed by atoms with Crippen LogP contribution in [0, 0.1) is 11.7 Å². The van der Waals surface area contributed by atoms with Crippen molar-refractivity contribution < 1.29 is 4.39 Å². The highest BCUT2D eigenvalue weighted by Gasteiger charge is 2.19. The summed E-state index contributed by atoms with van der Waals surface area (Å²) in [6, 6.07) is 3.45. The Morgan fingerprint density at radius 3 is 2.71 bits per heavy atom. The molecule has 1 saturated heterocycles. The van der Waals surface area contributed by atoms with E-state index < -0.39 is 0 Å². The number of nitrogens with one attached hydrogen (secondary N) is 1. The van der Waals surface area contributed by atoms with Crippen molar-refractivity contribution in [2.45, 2.75) is 19.8 Å². The van der Waals surface area contributed by atoms with E-state index in [0.29, 0.717) is 21.6 Å². The highest BCUT2D eigenvalue weighted by molar-refractivity contribution is 9.10. The van der Waals surface area contributed by atoms with Gasteiger partial charge in [-0.3, -0.25) is 0 Å². The number of rotatable bonds is 5. The maximum atomic E-state index is 14.3. The van der Waals surface area contributed by atoms with Crippen molar-refractivity contribution in [3.05, 3.63) is 28.0 Å². The van der Waals surface area contributed by atoms with Crippen LogP contribution in [0.1, 0.15) is 25.3 Å². The van der Waals surface area contributed by atoms with Crippen molar-refractivity contribution in [3.63, 3.8) is 0 Å². The van der Waals surface area contributed by atoms with Gasteiger partial charge in [0.05, 0.1) is 10.2 Å². The summed E-state index contributed by atoms with van der Waals surface area (Å²) in [5.41, 5.74) is 6.59. The molecule has 0 unspecified atom stereocenters. The van der Waals surface area contributed by atoms with Crippen LogP contribution in [0.5, 0.6) is 0 Å². The van der Waals surface area contributed by atoms with Gasteiger partial charge >= 0.3 is 0 Å². The van der Waals surface area contributed by atoms with E-state index in [2.05, 4.69) is 33.1 Å². The Labute approximate surface area is 139 Å². The first kappa shape index (κ1) is 16.6. The summed E-state index contributed by atoms with van der Waals surface area (Å²) in [6.07, 6.45) is 2.32. The Kier molecular flexibility index (Phi) is 5.96. The first-order valence-electron chi connectivity index (χ1n) is 7.27. The number of hydrogen-bond acceptors (Lipinski definition) is 3. The Balaban J connectivity index is 1.95. The quantitative estimate of drug-likeness (QED) is 0.776. The molecule has 1 aromatic rings. The molecular weight excluding hydrogens is 353 g/mol. The molecule has 0 radical (unpaired) electrons. The van der Waals surface area contributed by atoms with Gasteiger partial charge in [0.25, 0.3) is 0 Å². The summed E-state index contributed by atoms with van der Waals surface area (Å²) in [5, 5.41) is 3.21. The molecular formula is C15H21BrFN3S. The van der Waals surface area contributed by atoms with E-state index in [0.717, 1.165) is 39.0 Å². The second-order valence-corrected chi connectivity index (χ2v) is 6.64.